The van der Waals surface area contributed by atoms with E-state index in [1.165, 1.54) is 0 Å². The molecule has 0 bridgehead atoms. The van der Waals surface area contributed by atoms with Crippen LogP contribution in [0.2, 0.25) is 0 Å². The Kier molecular flexibility index (Phi) is 3.64. The van der Waals surface area contributed by atoms with E-state index in [4.69, 9.17) is 4.74 Å². The van der Waals surface area contributed by atoms with Gasteiger partial charge in [0, 0.05) is 5.56 Å². The smallest absolute Gasteiger partial charge is 0.125 e. The van der Waals surface area contributed by atoms with Gasteiger partial charge in [0.1, 0.15) is 11.9 Å². The van der Waals surface area contributed by atoms with Crippen molar-refractivity contribution in [3.8, 4) is 5.75 Å². The topological polar surface area (TPSA) is 29.1 Å². The van der Waals surface area contributed by atoms with E-state index in [1.807, 2.05) is 50.2 Å². The summed E-state index contributed by atoms with van der Waals surface area (Å²) in [7, 11) is 0. The molecule has 0 spiro atoms. The standard InChI is InChI=1S/C15H17O2/c1-3-13(16)15-12-8-6-5-7-11(12)9-10-14(15)17-4-2/h5-10,13H,3-4H2,1-2H3. The van der Waals surface area contributed by atoms with Crippen molar-refractivity contribution in [2.45, 2.75) is 26.4 Å². The fourth-order valence-corrected chi connectivity index (χ4v) is 2.09. The van der Waals surface area contributed by atoms with Crippen molar-refractivity contribution < 1.29 is 9.84 Å². The van der Waals surface area contributed by atoms with E-state index in [-0.39, 0.29) is 0 Å². The predicted octanol–water partition coefficient (Wildman–Crippen LogP) is 4.12. The van der Waals surface area contributed by atoms with Gasteiger partial charge in [-0.3, -0.25) is 0 Å². The molecule has 17 heavy (non-hydrogen) atoms. The van der Waals surface area contributed by atoms with Crippen LogP contribution in [0.4, 0.5) is 0 Å². The van der Waals surface area contributed by atoms with Crippen LogP contribution in [0.3, 0.4) is 0 Å². The lowest BCUT2D eigenvalue weighted by atomic mass is 9.98. The Morgan fingerprint density at radius 2 is 1.88 bits per heavy atom. The second kappa shape index (κ2) is 5.19. The third kappa shape index (κ3) is 2.27. The highest BCUT2D eigenvalue weighted by molar-refractivity contribution is 5.88. The summed E-state index contributed by atoms with van der Waals surface area (Å²) < 4.78 is 5.57. The minimum absolute atomic E-state index is 0.577. The Bertz CT molecular complexity index is 505. The van der Waals surface area contributed by atoms with Gasteiger partial charge in [-0.25, -0.2) is 5.11 Å². The molecule has 2 nitrogen and oxygen atoms in total. The quantitative estimate of drug-likeness (QED) is 0.775. The highest BCUT2D eigenvalue weighted by Crippen LogP contribution is 2.34. The summed E-state index contributed by atoms with van der Waals surface area (Å²) in [6.45, 7) is 4.43. The van der Waals surface area contributed by atoms with Crippen LogP contribution in [0.1, 0.15) is 31.9 Å². The van der Waals surface area contributed by atoms with E-state index in [0.29, 0.717) is 13.0 Å². The van der Waals surface area contributed by atoms with Crippen molar-refractivity contribution >= 4 is 10.8 Å². The largest absolute Gasteiger partial charge is 0.493 e. The molecule has 1 radical (unpaired) electrons. The molecule has 0 heterocycles. The number of fused-ring (bicyclic) bond motifs is 1. The van der Waals surface area contributed by atoms with Gasteiger partial charge >= 0.3 is 0 Å². The van der Waals surface area contributed by atoms with Crippen LogP contribution >= 0.6 is 0 Å². The van der Waals surface area contributed by atoms with Gasteiger partial charge < -0.3 is 4.74 Å². The fourth-order valence-electron chi connectivity index (χ4n) is 2.09. The molecule has 1 unspecified atom stereocenters. The average Bonchev–Trinajstić information content (AvgIpc) is 2.38. The Balaban J connectivity index is 2.65. The molecule has 0 N–H and O–H groups in total. The molecular weight excluding hydrogens is 212 g/mol. The number of rotatable bonds is 4. The molecule has 0 saturated carbocycles. The lowest BCUT2D eigenvalue weighted by Gasteiger charge is -2.15. The van der Waals surface area contributed by atoms with Crippen LogP contribution in [0, 0.1) is 0 Å². The van der Waals surface area contributed by atoms with Gasteiger partial charge in [0.2, 0.25) is 0 Å². The lowest BCUT2D eigenvalue weighted by Crippen LogP contribution is -2.01. The summed E-state index contributed by atoms with van der Waals surface area (Å²) in [4.78, 5) is 0. The van der Waals surface area contributed by atoms with Crippen molar-refractivity contribution in [2.24, 2.45) is 0 Å². The Labute approximate surface area is 102 Å². The molecule has 2 heteroatoms. The summed E-state index contributed by atoms with van der Waals surface area (Å²) in [6, 6.07) is 11.9. The fraction of sp³-hybridized carbons (Fsp3) is 0.333. The van der Waals surface area contributed by atoms with Gasteiger partial charge in [0.15, 0.2) is 0 Å². The van der Waals surface area contributed by atoms with E-state index in [9.17, 15) is 5.11 Å². The van der Waals surface area contributed by atoms with Gasteiger partial charge in [0.05, 0.1) is 6.61 Å². The first-order valence-electron chi connectivity index (χ1n) is 6.08. The molecule has 2 aromatic rings. The van der Waals surface area contributed by atoms with Crippen molar-refractivity contribution in [1.82, 2.24) is 0 Å². The zero-order valence-electron chi connectivity index (χ0n) is 10.3. The molecule has 1 atom stereocenters. The third-order valence-corrected chi connectivity index (χ3v) is 2.92. The highest BCUT2D eigenvalue weighted by atomic mass is 16.5. The van der Waals surface area contributed by atoms with Gasteiger partial charge in [0.25, 0.3) is 0 Å². The molecule has 0 aliphatic heterocycles. The summed E-state index contributed by atoms with van der Waals surface area (Å²) >= 11 is 0. The SMILES string of the molecule is CCOc1ccc2ccccc2c1C([O])CC. The molecule has 0 fully saturated rings. The monoisotopic (exact) mass is 229 g/mol. The van der Waals surface area contributed by atoms with Crippen molar-refractivity contribution in [2.75, 3.05) is 6.61 Å². The van der Waals surface area contributed by atoms with E-state index < -0.39 is 6.10 Å². The maximum Gasteiger partial charge on any atom is 0.125 e. The van der Waals surface area contributed by atoms with Crippen LogP contribution in [-0.4, -0.2) is 6.61 Å². The van der Waals surface area contributed by atoms with Crippen LogP contribution in [0.15, 0.2) is 36.4 Å². The Morgan fingerprint density at radius 3 is 2.59 bits per heavy atom. The molecule has 2 rings (SSSR count). The van der Waals surface area contributed by atoms with E-state index in [0.717, 1.165) is 22.1 Å². The first-order chi connectivity index (χ1) is 8.27. The predicted molar refractivity (Wildman–Crippen MR) is 68.8 cm³/mol. The van der Waals surface area contributed by atoms with Gasteiger partial charge in [-0.2, -0.15) is 0 Å². The zero-order chi connectivity index (χ0) is 12.3. The zero-order valence-corrected chi connectivity index (χ0v) is 10.3. The van der Waals surface area contributed by atoms with E-state index in [2.05, 4.69) is 0 Å². The number of ether oxygens (including phenoxy) is 1. The molecular formula is C15H17O2. The summed E-state index contributed by atoms with van der Waals surface area (Å²) in [6.07, 6.45) is -0.142. The number of hydrogen-bond donors (Lipinski definition) is 0. The van der Waals surface area contributed by atoms with Crippen LogP contribution in [0.25, 0.3) is 10.8 Å². The summed E-state index contributed by atoms with van der Waals surface area (Å²) in [5.41, 5.74) is 0.799. The first kappa shape index (κ1) is 11.9. The van der Waals surface area contributed by atoms with Crippen LogP contribution < -0.4 is 4.74 Å². The molecule has 0 amide bonds. The van der Waals surface area contributed by atoms with Gasteiger partial charge in [-0.1, -0.05) is 37.3 Å². The van der Waals surface area contributed by atoms with Crippen molar-refractivity contribution in [3.05, 3.63) is 42.0 Å². The van der Waals surface area contributed by atoms with Gasteiger partial charge in [-0.05, 0) is 30.2 Å². The molecule has 2 aromatic carbocycles. The average molecular weight is 229 g/mol. The molecule has 0 saturated heterocycles. The maximum atomic E-state index is 12.1. The maximum absolute atomic E-state index is 12.1. The molecule has 89 valence electrons. The van der Waals surface area contributed by atoms with Crippen molar-refractivity contribution in [3.63, 3.8) is 0 Å². The molecule has 0 aromatic heterocycles. The number of hydrogen-bond acceptors (Lipinski definition) is 1. The van der Waals surface area contributed by atoms with Crippen LogP contribution in [-0.2, 0) is 5.11 Å². The van der Waals surface area contributed by atoms with E-state index in [1.54, 1.807) is 0 Å². The van der Waals surface area contributed by atoms with E-state index >= 15 is 0 Å². The second-order valence-electron chi connectivity index (χ2n) is 4.03. The highest BCUT2D eigenvalue weighted by Gasteiger charge is 2.16. The normalized spacial score (nSPS) is 12.6. The Hall–Kier alpha value is -1.54. The minimum Gasteiger partial charge on any atom is -0.493 e. The molecule has 0 aliphatic carbocycles. The lowest BCUT2D eigenvalue weighted by molar-refractivity contribution is 0.0840. The Morgan fingerprint density at radius 1 is 1.12 bits per heavy atom. The summed E-state index contributed by atoms with van der Waals surface area (Å²) in [5, 5.41) is 14.2. The first-order valence-corrected chi connectivity index (χ1v) is 6.08. The summed E-state index contributed by atoms with van der Waals surface area (Å²) in [5.74, 6) is 0.730. The minimum atomic E-state index is -0.720. The van der Waals surface area contributed by atoms with Gasteiger partial charge in [-0.15, -0.1) is 0 Å². The molecule has 0 aliphatic rings. The second-order valence-corrected chi connectivity index (χ2v) is 4.03. The van der Waals surface area contributed by atoms with Crippen molar-refractivity contribution in [1.29, 1.82) is 0 Å². The van der Waals surface area contributed by atoms with Crippen LogP contribution in [0.5, 0.6) is 5.75 Å². The third-order valence-electron chi connectivity index (χ3n) is 2.92. The number of benzene rings is 2.